The van der Waals surface area contributed by atoms with E-state index in [1.54, 1.807) is 0 Å². The molecule has 274 valence electrons. The summed E-state index contributed by atoms with van der Waals surface area (Å²) in [5.41, 5.74) is 8.16. The van der Waals surface area contributed by atoms with Gasteiger partial charge in [-0.15, -0.1) is 11.3 Å². The molecule has 2 aliphatic carbocycles. The van der Waals surface area contributed by atoms with Crippen LogP contribution in [0.3, 0.4) is 0 Å². The van der Waals surface area contributed by atoms with Crippen LogP contribution >= 0.6 is 11.3 Å². The first-order valence-electron chi connectivity index (χ1n) is 20.1. The van der Waals surface area contributed by atoms with Crippen molar-refractivity contribution in [1.82, 2.24) is 9.88 Å². The third-order valence-electron chi connectivity index (χ3n) is 13.8. The van der Waals surface area contributed by atoms with Gasteiger partial charge in [0.25, 0.3) is 0 Å². The molecular formula is C53H41N3S. The van der Waals surface area contributed by atoms with Gasteiger partial charge in [0.1, 0.15) is 6.17 Å². The van der Waals surface area contributed by atoms with E-state index >= 15 is 0 Å². The zero-order chi connectivity index (χ0) is 38.0. The fraction of sp³-hybridized carbons (Fsp3) is 0.151. The van der Waals surface area contributed by atoms with Crippen molar-refractivity contribution in [2.24, 2.45) is 21.7 Å². The minimum Gasteiger partial charge on any atom is -0.366 e. The molecule has 3 aliphatic rings. The van der Waals surface area contributed by atoms with E-state index in [-0.39, 0.29) is 28.8 Å². The summed E-state index contributed by atoms with van der Waals surface area (Å²) in [7, 11) is 0. The molecule has 0 spiro atoms. The van der Waals surface area contributed by atoms with Crippen molar-refractivity contribution in [2.75, 3.05) is 0 Å². The van der Waals surface area contributed by atoms with Crippen molar-refractivity contribution in [2.45, 2.75) is 32.9 Å². The number of benzene rings is 7. The highest BCUT2D eigenvalue weighted by atomic mass is 32.1. The van der Waals surface area contributed by atoms with Gasteiger partial charge in [-0.2, -0.15) is 0 Å². The highest BCUT2D eigenvalue weighted by molar-refractivity contribution is 7.25. The lowest BCUT2D eigenvalue weighted by Gasteiger charge is -2.44. The van der Waals surface area contributed by atoms with Crippen molar-refractivity contribution in [3.8, 4) is 0 Å². The summed E-state index contributed by atoms with van der Waals surface area (Å²) in [5.74, 6) is 0.0797. The number of rotatable bonds is 3. The van der Waals surface area contributed by atoms with Gasteiger partial charge in [0.05, 0.1) is 22.6 Å². The summed E-state index contributed by atoms with van der Waals surface area (Å²) < 4.78 is 5.23. The van der Waals surface area contributed by atoms with Gasteiger partial charge in [0.15, 0.2) is 0 Å². The second-order valence-electron chi connectivity index (χ2n) is 17.0. The lowest BCUT2D eigenvalue weighted by molar-refractivity contribution is 0.167. The molecule has 57 heavy (non-hydrogen) atoms. The van der Waals surface area contributed by atoms with Crippen LogP contribution in [0.5, 0.6) is 0 Å². The molecule has 0 saturated heterocycles. The average molecular weight is 752 g/mol. The second kappa shape index (κ2) is 11.9. The van der Waals surface area contributed by atoms with Crippen LogP contribution < -0.4 is 5.32 Å². The van der Waals surface area contributed by atoms with E-state index in [0.717, 1.165) is 5.70 Å². The molecule has 0 saturated carbocycles. The van der Waals surface area contributed by atoms with Gasteiger partial charge in [0.2, 0.25) is 0 Å². The molecule has 1 aliphatic heterocycles. The molecule has 4 atom stereocenters. The number of allylic oxidation sites excluding steroid dienone is 5. The quantitative estimate of drug-likeness (QED) is 0.191. The number of hydrogen-bond acceptors (Lipinski definition) is 3. The van der Waals surface area contributed by atoms with E-state index in [2.05, 4.69) is 201 Å². The minimum absolute atomic E-state index is 0.0472. The van der Waals surface area contributed by atoms with E-state index in [0.29, 0.717) is 0 Å². The maximum atomic E-state index is 5.60. The van der Waals surface area contributed by atoms with Gasteiger partial charge in [-0.25, -0.2) is 0 Å². The van der Waals surface area contributed by atoms with E-state index in [1.165, 1.54) is 85.9 Å². The van der Waals surface area contributed by atoms with E-state index in [9.17, 15) is 0 Å². The Kier molecular flexibility index (Phi) is 6.88. The summed E-state index contributed by atoms with van der Waals surface area (Å²) in [6.07, 6.45) is 9.44. The predicted molar refractivity (Wildman–Crippen MR) is 243 cm³/mol. The average Bonchev–Trinajstić information content (AvgIpc) is 3.75. The second-order valence-corrected chi connectivity index (χ2v) is 18.1. The number of hydrogen-bond donors (Lipinski definition) is 1. The van der Waals surface area contributed by atoms with Gasteiger partial charge in [-0.1, -0.05) is 148 Å². The van der Waals surface area contributed by atoms with Crippen LogP contribution in [-0.4, -0.2) is 10.8 Å². The summed E-state index contributed by atoms with van der Waals surface area (Å²) >= 11 is 1.88. The molecule has 1 N–H and O–H groups in total. The Hall–Kier alpha value is -6.23. The number of aromatic nitrogens is 1. The van der Waals surface area contributed by atoms with Crippen LogP contribution in [0.1, 0.15) is 44.0 Å². The fourth-order valence-electron chi connectivity index (χ4n) is 10.4. The number of aliphatic imine (C=N–C) groups is 1. The molecule has 2 aromatic heterocycles. The number of nitrogens with one attached hydrogen (secondary N) is 1. The van der Waals surface area contributed by atoms with Crippen LogP contribution in [0.2, 0.25) is 0 Å². The van der Waals surface area contributed by atoms with E-state index < -0.39 is 0 Å². The smallest absolute Gasteiger partial charge is 0.116 e. The predicted octanol–water partition coefficient (Wildman–Crippen LogP) is 14.0. The Bertz CT molecular complexity index is 3300. The number of thiophene rings is 1. The topological polar surface area (TPSA) is 29.3 Å². The number of fused-ring (bicyclic) bond motifs is 10. The first-order chi connectivity index (χ1) is 27.9. The van der Waals surface area contributed by atoms with Crippen LogP contribution in [-0.2, 0) is 0 Å². The molecule has 4 unspecified atom stereocenters. The van der Waals surface area contributed by atoms with Crippen LogP contribution in [0, 0.1) is 16.7 Å². The Morgan fingerprint density at radius 3 is 2.16 bits per heavy atom. The van der Waals surface area contributed by atoms with Crippen molar-refractivity contribution in [3.63, 3.8) is 0 Å². The monoisotopic (exact) mass is 751 g/mol. The minimum atomic E-state index is -0.259. The van der Waals surface area contributed by atoms with Gasteiger partial charge < -0.3 is 9.88 Å². The first-order valence-corrected chi connectivity index (χ1v) is 21.0. The standard InChI is InChI=1S/C53H41N3S/c1-52(2)50-49(44-25-23-38(30-53(44,52)3)36-21-20-32-12-4-5-13-33(32)26-36)54-31-43(37-22-24-41-40-17-9-11-19-47(40)57-48(41)29-37)51(55-50)56-45-18-10-8-16-39(45)42-27-34-14-6-7-15-35(34)28-46(42)56/h4-31,43-44,51,55H,1-3H3. The van der Waals surface area contributed by atoms with E-state index in [1.807, 2.05) is 11.3 Å². The lowest BCUT2D eigenvalue weighted by atomic mass is 9.61. The van der Waals surface area contributed by atoms with E-state index in [4.69, 9.17) is 4.99 Å². The fourth-order valence-corrected chi connectivity index (χ4v) is 11.6. The summed E-state index contributed by atoms with van der Waals surface area (Å²) in [6, 6.07) is 53.9. The normalized spacial score (nSPS) is 22.7. The zero-order valence-corrected chi connectivity index (χ0v) is 33.0. The molecule has 4 heteroatoms. The molecule has 0 amide bonds. The van der Waals surface area contributed by atoms with Gasteiger partial charge in [-0.3, -0.25) is 4.99 Å². The van der Waals surface area contributed by atoms with Crippen LogP contribution in [0.4, 0.5) is 0 Å². The Labute approximate surface area is 336 Å². The molecule has 0 fully saturated rings. The molecule has 3 heterocycles. The van der Waals surface area contributed by atoms with Crippen molar-refractivity contribution in [3.05, 3.63) is 186 Å². The molecule has 0 radical (unpaired) electrons. The Balaban J connectivity index is 1.06. The van der Waals surface area contributed by atoms with Crippen molar-refractivity contribution >= 4 is 86.6 Å². The largest absolute Gasteiger partial charge is 0.366 e. The molecule has 12 rings (SSSR count). The number of nitrogens with zero attached hydrogens (tertiary/aromatic N) is 2. The highest BCUT2D eigenvalue weighted by Crippen LogP contribution is 2.63. The van der Waals surface area contributed by atoms with Crippen LogP contribution in [0.25, 0.3) is 69.1 Å². The number of para-hydroxylation sites is 1. The molecule has 9 aromatic rings. The van der Waals surface area contributed by atoms with Crippen LogP contribution in [0.15, 0.2) is 180 Å². The van der Waals surface area contributed by atoms with Gasteiger partial charge >= 0.3 is 0 Å². The Morgan fingerprint density at radius 2 is 1.32 bits per heavy atom. The van der Waals surface area contributed by atoms with Gasteiger partial charge in [0, 0.05) is 59.6 Å². The van der Waals surface area contributed by atoms with Gasteiger partial charge in [-0.05, 0) is 74.6 Å². The SMILES string of the molecule is CC1(C)C2=C(N=CC(c3ccc4c(c3)sc3ccccc34)C(n3c4ccccc4c4cc5ccccc5cc43)N2)C2C=CC(c3ccc4ccccc4c3)=CC21C. The molecule has 3 nitrogen and oxygen atoms in total. The highest BCUT2D eigenvalue weighted by Gasteiger charge is 2.57. The third kappa shape index (κ3) is 4.68. The third-order valence-corrected chi connectivity index (χ3v) is 15.0. The maximum Gasteiger partial charge on any atom is 0.116 e. The first kappa shape index (κ1) is 33.0. The maximum absolute atomic E-state index is 5.60. The molecule has 0 bridgehead atoms. The summed E-state index contributed by atoms with van der Waals surface area (Å²) in [6.45, 7) is 7.31. The summed E-state index contributed by atoms with van der Waals surface area (Å²) in [4.78, 5) is 5.60. The van der Waals surface area contributed by atoms with Crippen molar-refractivity contribution < 1.29 is 0 Å². The lowest BCUT2D eigenvalue weighted by Crippen LogP contribution is -2.42. The Morgan fingerprint density at radius 1 is 0.614 bits per heavy atom. The zero-order valence-electron chi connectivity index (χ0n) is 32.2. The molecular weight excluding hydrogens is 711 g/mol. The van der Waals surface area contributed by atoms with Crippen molar-refractivity contribution in [1.29, 1.82) is 0 Å². The molecule has 7 aromatic carbocycles. The summed E-state index contributed by atoms with van der Waals surface area (Å²) in [5, 5.41) is 14.6.